The normalized spacial score (nSPS) is 14.0. The Morgan fingerprint density at radius 1 is 1.21 bits per heavy atom. The molecular weight excluding hydrogens is 172 g/mol. The molecule has 1 nitrogen and oxygen atoms in total. The molecule has 0 fully saturated rings. The molecule has 1 aliphatic rings. The molecule has 0 unspecified atom stereocenters. The van der Waals surface area contributed by atoms with Crippen LogP contribution >= 0.6 is 0 Å². The van der Waals surface area contributed by atoms with Crippen LogP contribution in [0.15, 0.2) is 53.2 Å². The average Bonchev–Trinajstić information content (AvgIpc) is 2.64. The van der Waals surface area contributed by atoms with E-state index in [1.165, 1.54) is 0 Å². The van der Waals surface area contributed by atoms with Gasteiger partial charge in [-0.1, -0.05) is 44.2 Å². The van der Waals surface area contributed by atoms with E-state index in [2.05, 4.69) is 30.4 Å². The molecule has 0 saturated heterocycles. The number of furan rings is 1. The van der Waals surface area contributed by atoms with Crippen molar-refractivity contribution in [3.05, 3.63) is 54.5 Å². The summed E-state index contributed by atoms with van der Waals surface area (Å²) in [5, 5.41) is 0. The van der Waals surface area contributed by atoms with Gasteiger partial charge in [0.1, 0.15) is 5.76 Å². The SMILES string of the molecule is C1=CCC=CC(c2ccco2)=C1.CC. The Kier molecular flexibility index (Phi) is 4.56. The van der Waals surface area contributed by atoms with E-state index in [1.54, 1.807) is 6.26 Å². The highest BCUT2D eigenvalue weighted by molar-refractivity contribution is 5.72. The minimum absolute atomic E-state index is 0.929. The Morgan fingerprint density at radius 2 is 2.07 bits per heavy atom. The molecule has 1 heteroatoms. The van der Waals surface area contributed by atoms with Crippen LogP contribution in [0.25, 0.3) is 5.57 Å². The smallest absolute Gasteiger partial charge is 0.133 e. The summed E-state index contributed by atoms with van der Waals surface area (Å²) in [6.45, 7) is 4.00. The summed E-state index contributed by atoms with van der Waals surface area (Å²) in [6.07, 6.45) is 13.1. The molecule has 2 rings (SSSR count). The third kappa shape index (κ3) is 2.77. The van der Waals surface area contributed by atoms with E-state index in [1.807, 2.05) is 26.0 Å². The van der Waals surface area contributed by atoms with Gasteiger partial charge >= 0.3 is 0 Å². The van der Waals surface area contributed by atoms with Crippen LogP contribution in [-0.4, -0.2) is 0 Å². The largest absolute Gasteiger partial charge is 0.464 e. The molecule has 0 radical (unpaired) electrons. The van der Waals surface area contributed by atoms with Gasteiger partial charge in [-0.3, -0.25) is 0 Å². The van der Waals surface area contributed by atoms with Crippen molar-refractivity contribution in [1.29, 1.82) is 0 Å². The van der Waals surface area contributed by atoms with E-state index in [4.69, 9.17) is 4.42 Å². The predicted molar refractivity (Wildman–Crippen MR) is 60.9 cm³/mol. The van der Waals surface area contributed by atoms with E-state index >= 15 is 0 Å². The van der Waals surface area contributed by atoms with Crippen LogP contribution in [-0.2, 0) is 0 Å². The minimum atomic E-state index is 0.929. The van der Waals surface area contributed by atoms with Crippen molar-refractivity contribution in [3.8, 4) is 0 Å². The van der Waals surface area contributed by atoms with Crippen LogP contribution in [0.1, 0.15) is 26.0 Å². The van der Waals surface area contributed by atoms with Gasteiger partial charge in [-0.05, 0) is 18.6 Å². The zero-order valence-electron chi connectivity index (χ0n) is 8.73. The maximum atomic E-state index is 5.28. The molecule has 0 aromatic carbocycles. The number of rotatable bonds is 1. The molecule has 0 spiro atoms. The van der Waals surface area contributed by atoms with E-state index in [9.17, 15) is 0 Å². The fourth-order valence-electron chi connectivity index (χ4n) is 1.19. The van der Waals surface area contributed by atoms with Gasteiger partial charge in [-0.15, -0.1) is 0 Å². The van der Waals surface area contributed by atoms with Gasteiger partial charge in [-0.2, -0.15) is 0 Å². The topological polar surface area (TPSA) is 13.1 Å². The van der Waals surface area contributed by atoms with Crippen molar-refractivity contribution in [2.24, 2.45) is 0 Å². The van der Waals surface area contributed by atoms with E-state index in [0.717, 1.165) is 17.8 Å². The highest BCUT2D eigenvalue weighted by atomic mass is 16.3. The maximum absolute atomic E-state index is 5.28. The van der Waals surface area contributed by atoms with Crippen molar-refractivity contribution in [2.45, 2.75) is 20.3 Å². The Bertz CT molecular complexity index is 326. The van der Waals surface area contributed by atoms with Gasteiger partial charge in [0, 0.05) is 5.57 Å². The first kappa shape index (κ1) is 10.6. The van der Waals surface area contributed by atoms with E-state index < -0.39 is 0 Å². The summed E-state index contributed by atoms with van der Waals surface area (Å²) in [7, 11) is 0. The van der Waals surface area contributed by atoms with Crippen LogP contribution in [0.5, 0.6) is 0 Å². The van der Waals surface area contributed by atoms with Crippen LogP contribution in [0.4, 0.5) is 0 Å². The van der Waals surface area contributed by atoms with Crippen molar-refractivity contribution in [2.75, 3.05) is 0 Å². The Morgan fingerprint density at radius 3 is 2.79 bits per heavy atom. The summed E-state index contributed by atoms with van der Waals surface area (Å²) in [5.41, 5.74) is 1.13. The number of allylic oxidation sites excluding steroid dienone is 6. The predicted octanol–water partition coefficient (Wildman–Crippen LogP) is 4.21. The number of hydrogen-bond donors (Lipinski definition) is 0. The van der Waals surface area contributed by atoms with Gasteiger partial charge in [0.15, 0.2) is 0 Å². The molecule has 0 bridgehead atoms. The first-order chi connectivity index (χ1) is 6.97. The number of hydrogen-bond acceptors (Lipinski definition) is 1. The highest BCUT2D eigenvalue weighted by Gasteiger charge is 1.99. The lowest BCUT2D eigenvalue weighted by Crippen LogP contribution is -1.72. The Hall–Kier alpha value is -1.50. The van der Waals surface area contributed by atoms with Crippen molar-refractivity contribution >= 4 is 5.57 Å². The van der Waals surface area contributed by atoms with Gasteiger partial charge in [0.05, 0.1) is 6.26 Å². The molecule has 0 aliphatic heterocycles. The fraction of sp³-hybridized carbons (Fsp3) is 0.231. The average molecular weight is 188 g/mol. The van der Waals surface area contributed by atoms with E-state index in [-0.39, 0.29) is 0 Å². The first-order valence-electron chi connectivity index (χ1n) is 5.04. The van der Waals surface area contributed by atoms with E-state index in [0.29, 0.717) is 0 Å². The van der Waals surface area contributed by atoms with Crippen LogP contribution < -0.4 is 0 Å². The van der Waals surface area contributed by atoms with Gasteiger partial charge in [0.2, 0.25) is 0 Å². The molecule has 0 N–H and O–H groups in total. The molecule has 74 valence electrons. The summed E-state index contributed by atoms with van der Waals surface area (Å²) < 4.78 is 5.28. The second kappa shape index (κ2) is 6.03. The summed E-state index contributed by atoms with van der Waals surface area (Å²) in [4.78, 5) is 0. The molecule has 0 atom stereocenters. The summed E-state index contributed by atoms with van der Waals surface area (Å²) in [5.74, 6) is 0.929. The fourth-order valence-corrected chi connectivity index (χ4v) is 1.19. The molecule has 1 heterocycles. The first-order valence-corrected chi connectivity index (χ1v) is 5.04. The summed E-state index contributed by atoms with van der Waals surface area (Å²) in [6, 6.07) is 3.87. The monoisotopic (exact) mass is 188 g/mol. The van der Waals surface area contributed by atoms with Crippen molar-refractivity contribution < 1.29 is 4.42 Å². The maximum Gasteiger partial charge on any atom is 0.133 e. The standard InChI is InChI=1S/C11H10O.C2H6/c1-2-4-7-10(6-3-1)11-8-5-9-12-11;1-2/h1,3-9H,2H2;1-2H3. The lowest BCUT2D eigenvalue weighted by Gasteiger charge is -1.93. The van der Waals surface area contributed by atoms with Crippen LogP contribution in [0.3, 0.4) is 0 Å². The lowest BCUT2D eigenvalue weighted by molar-refractivity contribution is 0.554. The zero-order chi connectivity index (χ0) is 10.2. The van der Waals surface area contributed by atoms with Crippen molar-refractivity contribution in [1.82, 2.24) is 0 Å². The minimum Gasteiger partial charge on any atom is -0.464 e. The van der Waals surface area contributed by atoms with Crippen LogP contribution in [0.2, 0.25) is 0 Å². The molecular formula is C13H16O. The molecule has 14 heavy (non-hydrogen) atoms. The second-order valence-corrected chi connectivity index (χ2v) is 2.67. The molecule has 1 aromatic heterocycles. The highest BCUT2D eigenvalue weighted by Crippen LogP contribution is 2.18. The zero-order valence-corrected chi connectivity index (χ0v) is 8.73. The Balaban J connectivity index is 0.000000461. The van der Waals surface area contributed by atoms with Gasteiger partial charge < -0.3 is 4.42 Å². The third-order valence-electron chi connectivity index (χ3n) is 1.79. The molecule has 1 aliphatic carbocycles. The second-order valence-electron chi connectivity index (χ2n) is 2.67. The van der Waals surface area contributed by atoms with Gasteiger partial charge in [0.25, 0.3) is 0 Å². The quantitative estimate of drug-likeness (QED) is 0.643. The summed E-state index contributed by atoms with van der Waals surface area (Å²) >= 11 is 0. The Labute approximate surface area is 85.4 Å². The van der Waals surface area contributed by atoms with Gasteiger partial charge in [-0.25, -0.2) is 0 Å². The molecule has 0 amide bonds. The van der Waals surface area contributed by atoms with Crippen LogP contribution in [0, 0.1) is 0 Å². The third-order valence-corrected chi connectivity index (χ3v) is 1.79. The lowest BCUT2D eigenvalue weighted by atomic mass is 10.2. The molecule has 1 aromatic rings. The molecule has 0 saturated carbocycles. The van der Waals surface area contributed by atoms with Crippen molar-refractivity contribution in [3.63, 3.8) is 0 Å².